The molecule has 1 atom stereocenters. The summed E-state index contributed by atoms with van der Waals surface area (Å²) in [6, 6.07) is 5.61. The standard InChI is InChI=1S/C13H14FN3OS/c1-9(12-15-6-7-19-12)17-13(18)16-8-10-2-4-11(14)5-3-10/h2-7,9H,8H2,1H3,(H2,16,17,18). The summed E-state index contributed by atoms with van der Waals surface area (Å²) in [5.41, 5.74) is 0.846. The minimum absolute atomic E-state index is 0.131. The van der Waals surface area contributed by atoms with E-state index in [1.54, 1.807) is 18.3 Å². The van der Waals surface area contributed by atoms with E-state index in [1.165, 1.54) is 23.5 Å². The van der Waals surface area contributed by atoms with Crippen LogP contribution in [-0.2, 0) is 6.54 Å². The first-order valence-corrected chi connectivity index (χ1v) is 6.71. The second kappa shape index (κ2) is 6.29. The number of amides is 2. The first-order chi connectivity index (χ1) is 9.15. The van der Waals surface area contributed by atoms with Gasteiger partial charge in [-0.05, 0) is 24.6 Å². The number of halogens is 1. The first kappa shape index (κ1) is 13.5. The highest BCUT2D eigenvalue weighted by Gasteiger charge is 2.10. The molecule has 4 nitrogen and oxygen atoms in total. The minimum Gasteiger partial charge on any atom is -0.334 e. The molecule has 0 aliphatic rings. The van der Waals surface area contributed by atoms with Gasteiger partial charge in [0, 0.05) is 18.1 Å². The number of nitrogens with zero attached hydrogens (tertiary/aromatic N) is 1. The summed E-state index contributed by atoms with van der Waals surface area (Å²) >= 11 is 1.49. The Morgan fingerprint density at radius 1 is 1.42 bits per heavy atom. The molecule has 0 radical (unpaired) electrons. The molecule has 0 bridgehead atoms. The lowest BCUT2D eigenvalue weighted by Gasteiger charge is -2.12. The Kier molecular flexibility index (Phi) is 4.46. The second-order valence-electron chi connectivity index (χ2n) is 4.05. The van der Waals surface area contributed by atoms with Gasteiger partial charge in [-0.2, -0.15) is 0 Å². The van der Waals surface area contributed by atoms with Crippen LogP contribution < -0.4 is 10.6 Å². The van der Waals surface area contributed by atoms with Crippen molar-refractivity contribution in [1.82, 2.24) is 15.6 Å². The summed E-state index contributed by atoms with van der Waals surface area (Å²) < 4.78 is 12.7. The Morgan fingerprint density at radius 2 is 2.16 bits per heavy atom. The smallest absolute Gasteiger partial charge is 0.315 e. The lowest BCUT2D eigenvalue weighted by molar-refractivity contribution is 0.237. The van der Waals surface area contributed by atoms with E-state index in [0.717, 1.165) is 10.6 Å². The molecule has 1 aromatic heterocycles. The Bertz CT molecular complexity index is 527. The average molecular weight is 279 g/mol. The van der Waals surface area contributed by atoms with E-state index in [-0.39, 0.29) is 17.9 Å². The normalized spacial score (nSPS) is 11.9. The number of aromatic nitrogens is 1. The van der Waals surface area contributed by atoms with Crippen molar-refractivity contribution in [3.63, 3.8) is 0 Å². The van der Waals surface area contributed by atoms with Crippen molar-refractivity contribution in [2.75, 3.05) is 0 Å². The van der Waals surface area contributed by atoms with Crippen LogP contribution in [0.15, 0.2) is 35.8 Å². The number of rotatable bonds is 4. The minimum atomic E-state index is -0.286. The zero-order valence-electron chi connectivity index (χ0n) is 10.4. The van der Waals surface area contributed by atoms with Gasteiger partial charge < -0.3 is 10.6 Å². The molecular formula is C13H14FN3OS. The number of hydrogen-bond acceptors (Lipinski definition) is 3. The molecule has 0 saturated carbocycles. The molecular weight excluding hydrogens is 265 g/mol. The highest BCUT2D eigenvalue weighted by Crippen LogP contribution is 2.14. The van der Waals surface area contributed by atoms with E-state index in [1.807, 2.05) is 12.3 Å². The van der Waals surface area contributed by atoms with Crippen LogP contribution >= 0.6 is 11.3 Å². The molecule has 1 heterocycles. The van der Waals surface area contributed by atoms with Crippen LogP contribution in [0.1, 0.15) is 23.5 Å². The van der Waals surface area contributed by atoms with Crippen LogP contribution in [0.4, 0.5) is 9.18 Å². The highest BCUT2D eigenvalue weighted by atomic mass is 32.1. The van der Waals surface area contributed by atoms with E-state index in [9.17, 15) is 9.18 Å². The van der Waals surface area contributed by atoms with Crippen LogP contribution in [-0.4, -0.2) is 11.0 Å². The van der Waals surface area contributed by atoms with E-state index >= 15 is 0 Å². The summed E-state index contributed by atoms with van der Waals surface area (Å²) in [5.74, 6) is -0.286. The zero-order chi connectivity index (χ0) is 13.7. The third-order valence-electron chi connectivity index (χ3n) is 2.54. The second-order valence-corrected chi connectivity index (χ2v) is 4.97. The molecule has 0 aliphatic carbocycles. The monoisotopic (exact) mass is 279 g/mol. The summed E-state index contributed by atoms with van der Waals surface area (Å²) in [4.78, 5) is 15.8. The maximum atomic E-state index is 12.7. The van der Waals surface area contributed by atoms with Crippen LogP contribution in [0.25, 0.3) is 0 Å². The highest BCUT2D eigenvalue weighted by molar-refractivity contribution is 7.09. The summed E-state index contributed by atoms with van der Waals surface area (Å²) in [7, 11) is 0. The number of carbonyl (C=O) groups is 1. The fourth-order valence-corrected chi connectivity index (χ4v) is 2.19. The molecule has 6 heteroatoms. The molecule has 2 rings (SSSR count). The van der Waals surface area contributed by atoms with Crippen molar-refractivity contribution in [1.29, 1.82) is 0 Å². The molecule has 2 aromatic rings. The largest absolute Gasteiger partial charge is 0.334 e. The molecule has 1 aromatic carbocycles. The Hall–Kier alpha value is -1.95. The Morgan fingerprint density at radius 3 is 2.79 bits per heavy atom. The molecule has 0 aliphatic heterocycles. The van der Waals surface area contributed by atoms with Crippen LogP contribution in [0.5, 0.6) is 0 Å². The van der Waals surface area contributed by atoms with Crippen LogP contribution in [0.3, 0.4) is 0 Å². The third kappa shape index (κ3) is 4.03. The molecule has 1 unspecified atom stereocenters. The average Bonchev–Trinajstić information content (AvgIpc) is 2.92. The van der Waals surface area contributed by atoms with E-state index in [0.29, 0.717) is 6.54 Å². The lowest BCUT2D eigenvalue weighted by atomic mass is 10.2. The van der Waals surface area contributed by atoms with Crippen molar-refractivity contribution in [2.24, 2.45) is 0 Å². The van der Waals surface area contributed by atoms with Crippen molar-refractivity contribution >= 4 is 17.4 Å². The molecule has 0 fully saturated rings. The number of nitrogens with one attached hydrogen (secondary N) is 2. The lowest BCUT2D eigenvalue weighted by Crippen LogP contribution is -2.36. The van der Waals surface area contributed by atoms with Gasteiger partial charge in [0.1, 0.15) is 10.8 Å². The fraction of sp³-hybridized carbons (Fsp3) is 0.231. The number of thiazole rings is 1. The van der Waals surface area contributed by atoms with E-state index < -0.39 is 0 Å². The molecule has 19 heavy (non-hydrogen) atoms. The van der Waals surface area contributed by atoms with E-state index in [2.05, 4.69) is 15.6 Å². The Balaban J connectivity index is 1.80. The van der Waals surface area contributed by atoms with E-state index in [4.69, 9.17) is 0 Å². The van der Waals surface area contributed by atoms with Gasteiger partial charge in [0.05, 0.1) is 6.04 Å². The van der Waals surface area contributed by atoms with Crippen LogP contribution in [0, 0.1) is 5.82 Å². The predicted octanol–water partition coefficient (Wildman–Crippen LogP) is 2.84. The van der Waals surface area contributed by atoms with Gasteiger partial charge >= 0.3 is 6.03 Å². The quantitative estimate of drug-likeness (QED) is 0.904. The van der Waals surface area contributed by atoms with Gasteiger partial charge in [-0.1, -0.05) is 12.1 Å². The van der Waals surface area contributed by atoms with Gasteiger partial charge in [-0.25, -0.2) is 14.2 Å². The van der Waals surface area contributed by atoms with Gasteiger partial charge in [0.15, 0.2) is 0 Å². The maximum absolute atomic E-state index is 12.7. The van der Waals surface area contributed by atoms with Gasteiger partial charge in [-0.3, -0.25) is 0 Å². The van der Waals surface area contributed by atoms with Gasteiger partial charge in [0.2, 0.25) is 0 Å². The molecule has 100 valence electrons. The maximum Gasteiger partial charge on any atom is 0.315 e. The van der Waals surface area contributed by atoms with Crippen molar-refractivity contribution in [2.45, 2.75) is 19.5 Å². The zero-order valence-corrected chi connectivity index (χ0v) is 11.2. The SMILES string of the molecule is CC(NC(=O)NCc1ccc(F)cc1)c1nccs1. The van der Waals surface area contributed by atoms with Gasteiger partial charge in [-0.15, -0.1) is 11.3 Å². The van der Waals surface area contributed by atoms with Crippen LogP contribution in [0.2, 0.25) is 0 Å². The summed E-state index contributed by atoms with van der Waals surface area (Å²) in [6.07, 6.45) is 1.70. The molecule has 0 saturated heterocycles. The number of carbonyl (C=O) groups excluding carboxylic acids is 1. The van der Waals surface area contributed by atoms with Gasteiger partial charge in [0.25, 0.3) is 0 Å². The number of hydrogen-bond donors (Lipinski definition) is 2. The topological polar surface area (TPSA) is 54.0 Å². The molecule has 2 N–H and O–H groups in total. The predicted molar refractivity (Wildman–Crippen MR) is 72.3 cm³/mol. The fourth-order valence-electron chi connectivity index (χ4n) is 1.54. The first-order valence-electron chi connectivity index (χ1n) is 5.83. The van der Waals surface area contributed by atoms with Crippen molar-refractivity contribution in [3.05, 3.63) is 52.2 Å². The number of benzene rings is 1. The Labute approximate surface area is 114 Å². The van der Waals surface area contributed by atoms with Crippen molar-refractivity contribution in [3.8, 4) is 0 Å². The molecule has 2 amide bonds. The number of urea groups is 1. The van der Waals surface area contributed by atoms with Crippen molar-refractivity contribution < 1.29 is 9.18 Å². The summed E-state index contributed by atoms with van der Waals surface area (Å²) in [6.45, 7) is 2.23. The third-order valence-corrected chi connectivity index (χ3v) is 3.49. The summed E-state index contributed by atoms with van der Waals surface area (Å²) in [5, 5.41) is 8.23. The molecule has 0 spiro atoms.